The van der Waals surface area contributed by atoms with Gasteiger partial charge in [-0.05, 0) is 39.0 Å². The fourth-order valence-corrected chi connectivity index (χ4v) is 6.54. The first kappa shape index (κ1) is 20.0. The molecule has 0 radical (unpaired) electrons. The van der Waals surface area contributed by atoms with Crippen molar-refractivity contribution in [2.45, 2.75) is 45.1 Å². The maximum absolute atomic E-state index is 12.9. The van der Waals surface area contributed by atoms with E-state index >= 15 is 0 Å². The van der Waals surface area contributed by atoms with Gasteiger partial charge in [-0.3, -0.25) is 14.8 Å². The van der Waals surface area contributed by atoms with Crippen molar-refractivity contribution >= 4 is 38.2 Å². The summed E-state index contributed by atoms with van der Waals surface area (Å²) < 4.78 is 30.3. The Hall–Kier alpha value is -2.27. The molecule has 0 saturated carbocycles. The first-order valence-electron chi connectivity index (χ1n) is 9.47. The number of rotatable bonds is 4. The molecule has 3 heterocycles. The van der Waals surface area contributed by atoms with Crippen LogP contribution in [-0.2, 0) is 27.4 Å². The molecule has 9 nitrogen and oxygen atoms in total. The molecule has 29 heavy (non-hydrogen) atoms. The molecule has 11 heteroatoms. The number of ether oxygens (including phenoxy) is 1. The summed E-state index contributed by atoms with van der Waals surface area (Å²) in [6.07, 6.45) is 4.00. The summed E-state index contributed by atoms with van der Waals surface area (Å²) >= 11 is 1.05. The Labute approximate surface area is 172 Å². The number of fused-ring (bicyclic) bond motifs is 1. The fourth-order valence-electron chi connectivity index (χ4n) is 3.97. The van der Waals surface area contributed by atoms with Gasteiger partial charge in [0.2, 0.25) is 0 Å². The molecule has 2 aromatic rings. The molecule has 0 aromatic carbocycles. The Morgan fingerprint density at radius 3 is 2.72 bits per heavy atom. The van der Waals surface area contributed by atoms with Crippen LogP contribution in [-0.4, -0.2) is 53.7 Å². The van der Waals surface area contributed by atoms with E-state index < -0.39 is 21.7 Å². The summed E-state index contributed by atoms with van der Waals surface area (Å²) in [6.45, 7) is 1.68. The van der Waals surface area contributed by atoms with Crippen LogP contribution in [0.2, 0.25) is 0 Å². The summed E-state index contributed by atoms with van der Waals surface area (Å²) in [4.78, 5) is 29.3. The number of hydrogen-bond acceptors (Lipinski definition) is 8. The molecular weight excluding hydrogens is 416 g/mol. The van der Waals surface area contributed by atoms with E-state index in [2.05, 4.69) is 15.4 Å². The van der Waals surface area contributed by atoms with Gasteiger partial charge >= 0.3 is 5.97 Å². The summed E-state index contributed by atoms with van der Waals surface area (Å²) in [7, 11) is -1.76. The van der Waals surface area contributed by atoms with Gasteiger partial charge < -0.3 is 4.74 Å². The van der Waals surface area contributed by atoms with Gasteiger partial charge in [-0.2, -0.15) is 5.10 Å². The number of esters is 1. The molecule has 1 aliphatic carbocycles. The highest BCUT2D eigenvalue weighted by atomic mass is 32.2. The second-order valence-electron chi connectivity index (χ2n) is 7.36. The van der Waals surface area contributed by atoms with E-state index in [0.717, 1.165) is 48.3 Å². The molecule has 0 bridgehead atoms. The van der Waals surface area contributed by atoms with E-state index in [4.69, 9.17) is 4.74 Å². The zero-order valence-electron chi connectivity index (χ0n) is 16.2. The van der Waals surface area contributed by atoms with Crippen LogP contribution in [0.15, 0.2) is 0 Å². The Balaban J connectivity index is 1.63. The summed E-state index contributed by atoms with van der Waals surface area (Å²) in [5.41, 5.74) is 2.66. The second kappa shape index (κ2) is 7.52. The quantitative estimate of drug-likeness (QED) is 0.724. The maximum atomic E-state index is 12.9. The Morgan fingerprint density at radius 1 is 1.28 bits per heavy atom. The summed E-state index contributed by atoms with van der Waals surface area (Å²) in [5.74, 6) is -0.670. The number of carbonyl (C=O) groups excluding carboxylic acids is 2. The second-order valence-corrected chi connectivity index (χ2v) is 10.6. The minimum Gasteiger partial charge on any atom is -0.465 e. The molecule has 1 aliphatic heterocycles. The van der Waals surface area contributed by atoms with Gasteiger partial charge in [-0.1, -0.05) is 11.3 Å². The number of anilines is 1. The van der Waals surface area contributed by atoms with Gasteiger partial charge in [0.1, 0.15) is 4.88 Å². The predicted molar refractivity (Wildman–Crippen MR) is 107 cm³/mol. The van der Waals surface area contributed by atoms with Crippen LogP contribution in [0.5, 0.6) is 0 Å². The number of amides is 1. The average molecular weight is 439 g/mol. The van der Waals surface area contributed by atoms with E-state index in [-0.39, 0.29) is 17.5 Å². The first-order chi connectivity index (χ1) is 13.8. The highest BCUT2D eigenvalue weighted by Crippen LogP contribution is 2.32. The van der Waals surface area contributed by atoms with E-state index in [1.807, 2.05) is 0 Å². The molecule has 4 rings (SSSR count). The molecule has 1 atom stereocenters. The lowest BCUT2D eigenvalue weighted by Gasteiger charge is -2.17. The lowest BCUT2D eigenvalue weighted by atomic mass is 9.95. The fraction of sp³-hybridized carbons (Fsp3) is 0.556. The van der Waals surface area contributed by atoms with Crippen molar-refractivity contribution in [3.63, 3.8) is 0 Å². The Morgan fingerprint density at radius 2 is 2.03 bits per heavy atom. The third-order valence-corrected chi connectivity index (χ3v) is 8.17. The topological polar surface area (TPSA) is 120 Å². The number of thiazole rings is 1. The molecule has 156 valence electrons. The van der Waals surface area contributed by atoms with Gasteiger partial charge in [0.25, 0.3) is 5.91 Å². The predicted octanol–water partition coefficient (Wildman–Crippen LogP) is 1.93. The minimum atomic E-state index is -3.06. The monoisotopic (exact) mass is 438 g/mol. The number of aryl methyl sites for hydroxylation is 1. The van der Waals surface area contributed by atoms with Gasteiger partial charge in [0.15, 0.2) is 20.7 Å². The Kier molecular flexibility index (Phi) is 5.19. The smallest absolute Gasteiger partial charge is 0.350 e. The highest BCUT2D eigenvalue weighted by Gasteiger charge is 2.34. The average Bonchev–Trinajstić information content (AvgIpc) is 3.35. The lowest BCUT2D eigenvalue weighted by molar-refractivity contribution is 0.0605. The van der Waals surface area contributed by atoms with Crippen LogP contribution in [0.1, 0.15) is 62.4 Å². The van der Waals surface area contributed by atoms with E-state index in [0.29, 0.717) is 27.8 Å². The number of hydrogen-bond donors (Lipinski definition) is 1. The van der Waals surface area contributed by atoms with Gasteiger partial charge in [0, 0.05) is 11.3 Å². The van der Waals surface area contributed by atoms with Gasteiger partial charge in [0.05, 0.1) is 30.4 Å². The Bertz CT molecular complexity index is 1090. The molecule has 2 aromatic heterocycles. The minimum absolute atomic E-state index is 0.0658. The normalized spacial score (nSPS) is 20.3. The van der Waals surface area contributed by atoms with Crippen LogP contribution in [0, 0.1) is 6.92 Å². The third-order valence-electron chi connectivity index (χ3n) is 5.37. The van der Waals surface area contributed by atoms with Gasteiger partial charge in [-0.15, -0.1) is 0 Å². The molecule has 1 saturated heterocycles. The van der Waals surface area contributed by atoms with Crippen molar-refractivity contribution in [3.8, 4) is 0 Å². The number of sulfone groups is 1. The summed E-state index contributed by atoms with van der Waals surface area (Å²) in [5, 5.41) is 7.58. The number of aromatic nitrogens is 3. The zero-order valence-corrected chi connectivity index (χ0v) is 17.9. The van der Waals surface area contributed by atoms with E-state index in [1.165, 1.54) is 7.11 Å². The number of methoxy groups -OCH3 is 1. The highest BCUT2D eigenvalue weighted by molar-refractivity contribution is 7.91. The van der Waals surface area contributed by atoms with E-state index in [1.54, 1.807) is 11.6 Å². The van der Waals surface area contributed by atoms with Crippen LogP contribution in [0.25, 0.3) is 0 Å². The molecular formula is C18H22N4O5S2. The molecule has 0 spiro atoms. The van der Waals surface area contributed by atoms with Crippen LogP contribution < -0.4 is 5.32 Å². The zero-order chi connectivity index (χ0) is 20.8. The van der Waals surface area contributed by atoms with Crippen molar-refractivity contribution in [3.05, 3.63) is 27.5 Å². The van der Waals surface area contributed by atoms with E-state index in [9.17, 15) is 18.0 Å². The van der Waals surface area contributed by atoms with Crippen molar-refractivity contribution in [2.24, 2.45) is 0 Å². The first-order valence-corrected chi connectivity index (χ1v) is 12.1. The lowest BCUT2D eigenvalue weighted by Crippen LogP contribution is -2.17. The van der Waals surface area contributed by atoms with Crippen molar-refractivity contribution in [1.29, 1.82) is 0 Å². The standard InChI is InChI=1S/C18H22N4O5S2/c1-10-15(17(24)27-2)28-18(19-10)20-16(23)14-12-5-3-4-6-13(12)22(21-14)11-7-8-29(25,26)9-11/h11H,3-9H2,1-2H3,(H,19,20,23). The number of carbonyl (C=O) groups is 2. The van der Waals surface area contributed by atoms with Crippen LogP contribution >= 0.6 is 11.3 Å². The maximum Gasteiger partial charge on any atom is 0.350 e. The number of nitrogens with zero attached hydrogens (tertiary/aromatic N) is 3. The van der Waals surface area contributed by atoms with Crippen molar-refractivity contribution in [1.82, 2.24) is 14.8 Å². The SMILES string of the molecule is COC(=O)c1sc(NC(=O)c2nn(C3CCS(=O)(=O)C3)c3c2CCCC3)nc1C. The molecule has 2 aliphatic rings. The van der Waals surface area contributed by atoms with Crippen molar-refractivity contribution in [2.75, 3.05) is 23.9 Å². The molecule has 1 N–H and O–H groups in total. The van der Waals surface area contributed by atoms with Gasteiger partial charge in [-0.25, -0.2) is 18.2 Å². The molecule has 1 unspecified atom stereocenters. The van der Waals surface area contributed by atoms with Crippen molar-refractivity contribution < 1.29 is 22.7 Å². The molecule has 1 amide bonds. The van der Waals surface area contributed by atoms with Crippen LogP contribution in [0.4, 0.5) is 5.13 Å². The molecule has 1 fully saturated rings. The largest absolute Gasteiger partial charge is 0.465 e. The van der Waals surface area contributed by atoms with Crippen LogP contribution in [0.3, 0.4) is 0 Å². The number of nitrogens with one attached hydrogen (secondary N) is 1. The summed E-state index contributed by atoms with van der Waals surface area (Å²) in [6, 6.07) is -0.221. The third kappa shape index (κ3) is 3.80.